The van der Waals surface area contributed by atoms with Crippen molar-refractivity contribution in [1.82, 2.24) is 4.90 Å². The third kappa shape index (κ3) is 2.07. The first kappa shape index (κ1) is 9.51. The Hall–Kier alpha value is -0.0400. The standard InChI is InChI=1S/C12H23N/c1-10-7-8-13(9-10)12-6-4-3-5-11(12)2/h10-12H,3-9H2,1-2H3/t10?,11-,12-/m0/s1. The van der Waals surface area contributed by atoms with E-state index in [0.717, 1.165) is 17.9 Å². The minimum atomic E-state index is 0.929. The Morgan fingerprint density at radius 3 is 2.38 bits per heavy atom. The van der Waals surface area contributed by atoms with Crippen molar-refractivity contribution < 1.29 is 0 Å². The van der Waals surface area contributed by atoms with Gasteiger partial charge in [-0.15, -0.1) is 0 Å². The van der Waals surface area contributed by atoms with E-state index in [1.165, 1.54) is 45.2 Å². The SMILES string of the molecule is CC1CCN([C@H]2CCCC[C@@H]2C)C1. The highest BCUT2D eigenvalue weighted by Crippen LogP contribution is 2.31. The summed E-state index contributed by atoms with van der Waals surface area (Å²) in [6.45, 7) is 7.59. The molecule has 0 spiro atoms. The zero-order valence-corrected chi connectivity index (χ0v) is 9.13. The lowest BCUT2D eigenvalue weighted by Gasteiger charge is -2.36. The Morgan fingerprint density at radius 1 is 1.00 bits per heavy atom. The summed E-state index contributed by atoms with van der Waals surface area (Å²) in [5.74, 6) is 1.91. The summed E-state index contributed by atoms with van der Waals surface area (Å²) in [4.78, 5) is 2.76. The predicted octanol–water partition coefficient (Wildman–Crippen LogP) is 2.91. The van der Waals surface area contributed by atoms with Crippen LogP contribution in [0.1, 0.15) is 46.0 Å². The molecule has 1 unspecified atom stereocenters. The minimum absolute atomic E-state index is 0.929. The van der Waals surface area contributed by atoms with E-state index in [-0.39, 0.29) is 0 Å². The Kier molecular flexibility index (Phi) is 2.92. The highest BCUT2D eigenvalue weighted by atomic mass is 15.2. The number of rotatable bonds is 1. The summed E-state index contributed by atoms with van der Waals surface area (Å²) in [5, 5.41) is 0. The lowest BCUT2D eigenvalue weighted by molar-refractivity contribution is 0.135. The topological polar surface area (TPSA) is 3.24 Å². The van der Waals surface area contributed by atoms with E-state index < -0.39 is 0 Å². The van der Waals surface area contributed by atoms with Gasteiger partial charge in [-0.1, -0.05) is 26.7 Å². The number of nitrogens with zero attached hydrogens (tertiary/aromatic N) is 1. The van der Waals surface area contributed by atoms with Crippen molar-refractivity contribution in [2.45, 2.75) is 52.0 Å². The van der Waals surface area contributed by atoms with Crippen LogP contribution < -0.4 is 0 Å². The summed E-state index contributed by atoms with van der Waals surface area (Å²) >= 11 is 0. The molecule has 13 heavy (non-hydrogen) atoms. The third-order valence-electron chi connectivity index (χ3n) is 3.99. The van der Waals surface area contributed by atoms with Crippen LogP contribution in [0.4, 0.5) is 0 Å². The molecule has 2 aliphatic rings. The van der Waals surface area contributed by atoms with Crippen molar-refractivity contribution in [2.24, 2.45) is 11.8 Å². The minimum Gasteiger partial charge on any atom is -0.300 e. The highest BCUT2D eigenvalue weighted by molar-refractivity contribution is 4.85. The molecule has 0 amide bonds. The molecule has 1 aliphatic heterocycles. The van der Waals surface area contributed by atoms with Gasteiger partial charge in [-0.25, -0.2) is 0 Å². The van der Waals surface area contributed by atoms with Crippen LogP contribution in [0.15, 0.2) is 0 Å². The van der Waals surface area contributed by atoms with Gasteiger partial charge in [0, 0.05) is 12.6 Å². The van der Waals surface area contributed by atoms with Crippen LogP contribution in [0.5, 0.6) is 0 Å². The van der Waals surface area contributed by atoms with Crippen molar-refractivity contribution in [1.29, 1.82) is 0 Å². The average Bonchev–Trinajstić information content (AvgIpc) is 2.53. The molecule has 2 rings (SSSR count). The molecule has 1 saturated carbocycles. The van der Waals surface area contributed by atoms with Gasteiger partial charge in [0.25, 0.3) is 0 Å². The highest BCUT2D eigenvalue weighted by Gasteiger charge is 2.30. The van der Waals surface area contributed by atoms with Crippen LogP contribution in [0.25, 0.3) is 0 Å². The Bertz CT molecular complexity index is 167. The monoisotopic (exact) mass is 181 g/mol. The van der Waals surface area contributed by atoms with E-state index in [1.54, 1.807) is 0 Å². The van der Waals surface area contributed by atoms with Gasteiger partial charge in [-0.3, -0.25) is 4.90 Å². The second-order valence-corrected chi connectivity index (χ2v) is 5.22. The first-order chi connectivity index (χ1) is 6.27. The molecule has 1 aliphatic carbocycles. The van der Waals surface area contributed by atoms with E-state index in [1.807, 2.05) is 0 Å². The van der Waals surface area contributed by atoms with E-state index in [0.29, 0.717) is 0 Å². The third-order valence-corrected chi connectivity index (χ3v) is 3.99. The molecule has 0 radical (unpaired) electrons. The molecule has 0 N–H and O–H groups in total. The van der Waals surface area contributed by atoms with Crippen LogP contribution in [0.2, 0.25) is 0 Å². The molecule has 1 nitrogen and oxygen atoms in total. The summed E-state index contributed by atoms with van der Waals surface area (Å²) in [7, 11) is 0. The summed E-state index contributed by atoms with van der Waals surface area (Å²) < 4.78 is 0. The molecule has 0 aromatic carbocycles. The smallest absolute Gasteiger partial charge is 0.0121 e. The molecule has 1 saturated heterocycles. The van der Waals surface area contributed by atoms with E-state index in [4.69, 9.17) is 0 Å². The second-order valence-electron chi connectivity index (χ2n) is 5.22. The number of hydrogen-bond donors (Lipinski definition) is 0. The lowest BCUT2D eigenvalue weighted by Crippen LogP contribution is -2.39. The van der Waals surface area contributed by atoms with Gasteiger partial charge in [-0.2, -0.15) is 0 Å². The number of hydrogen-bond acceptors (Lipinski definition) is 1. The fourth-order valence-corrected chi connectivity index (χ4v) is 3.11. The van der Waals surface area contributed by atoms with E-state index >= 15 is 0 Å². The largest absolute Gasteiger partial charge is 0.300 e. The van der Waals surface area contributed by atoms with Crippen LogP contribution in [0.3, 0.4) is 0 Å². The molecular weight excluding hydrogens is 158 g/mol. The molecule has 3 atom stereocenters. The zero-order valence-electron chi connectivity index (χ0n) is 9.13. The Labute approximate surface area is 82.5 Å². The Balaban J connectivity index is 1.91. The van der Waals surface area contributed by atoms with Gasteiger partial charge < -0.3 is 0 Å². The van der Waals surface area contributed by atoms with E-state index in [9.17, 15) is 0 Å². The quantitative estimate of drug-likeness (QED) is 0.601. The van der Waals surface area contributed by atoms with Crippen LogP contribution in [0, 0.1) is 11.8 Å². The van der Waals surface area contributed by atoms with E-state index in [2.05, 4.69) is 18.7 Å². The van der Waals surface area contributed by atoms with Crippen molar-refractivity contribution in [2.75, 3.05) is 13.1 Å². The number of likely N-dealkylation sites (tertiary alicyclic amines) is 1. The molecule has 0 aromatic rings. The van der Waals surface area contributed by atoms with Crippen molar-refractivity contribution in [3.05, 3.63) is 0 Å². The van der Waals surface area contributed by atoms with Crippen molar-refractivity contribution in [3.8, 4) is 0 Å². The van der Waals surface area contributed by atoms with Gasteiger partial charge in [0.15, 0.2) is 0 Å². The molecule has 1 heteroatoms. The summed E-state index contributed by atoms with van der Waals surface area (Å²) in [6, 6.07) is 0.929. The van der Waals surface area contributed by atoms with Gasteiger partial charge in [-0.05, 0) is 37.6 Å². The van der Waals surface area contributed by atoms with Gasteiger partial charge in [0.05, 0.1) is 0 Å². The van der Waals surface area contributed by atoms with Gasteiger partial charge >= 0.3 is 0 Å². The summed E-state index contributed by atoms with van der Waals surface area (Å²) in [5.41, 5.74) is 0. The van der Waals surface area contributed by atoms with Gasteiger partial charge in [0.1, 0.15) is 0 Å². The maximum absolute atomic E-state index is 2.76. The fourth-order valence-electron chi connectivity index (χ4n) is 3.11. The predicted molar refractivity (Wildman–Crippen MR) is 56.8 cm³/mol. The Morgan fingerprint density at radius 2 is 1.77 bits per heavy atom. The first-order valence-corrected chi connectivity index (χ1v) is 6.01. The van der Waals surface area contributed by atoms with Gasteiger partial charge in [0.2, 0.25) is 0 Å². The maximum atomic E-state index is 2.76. The maximum Gasteiger partial charge on any atom is 0.0121 e. The normalized spacial score (nSPS) is 42.5. The lowest BCUT2D eigenvalue weighted by atomic mass is 9.85. The van der Waals surface area contributed by atoms with Crippen LogP contribution >= 0.6 is 0 Å². The molecule has 2 fully saturated rings. The fraction of sp³-hybridized carbons (Fsp3) is 1.00. The average molecular weight is 181 g/mol. The van der Waals surface area contributed by atoms with Crippen LogP contribution in [-0.2, 0) is 0 Å². The molecule has 1 heterocycles. The van der Waals surface area contributed by atoms with Crippen LogP contribution in [-0.4, -0.2) is 24.0 Å². The molecule has 0 bridgehead atoms. The van der Waals surface area contributed by atoms with Crippen molar-refractivity contribution >= 4 is 0 Å². The zero-order chi connectivity index (χ0) is 9.26. The molecule has 0 aromatic heterocycles. The molecule has 76 valence electrons. The second kappa shape index (κ2) is 4.00. The van der Waals surface area contributed by atoms with Crippen molar-refractivity contribution in [3.63, 3.8) is 0 Å². The molecular formula is C12H23N. The summed E-state index contributed by atoms with van der Waals surface area (Å²) in [6.07, 6.45) is 7.31. The first-order valence-electron chi connectivity index (χ1n) is 6.01.